The molecular formula is C11H9N5O. The Morgan fingerprint density at radius 3 is 2.82 bits per heavy atom. The zero-order chi connectivity index (χ0) is 11.8. The number of benzene rings is 1. The third-order valence-electron chi connectivity index (χ3n) is 2.43. The van der Waals surface area contributed by atoms with Crippen molar-refractivity contribution in [3.8, 4) is 11.5 Å². The van der Waals surface area contributed by atoms with Gasteiger partial charge < -0.3 is 10.7 Å². The SMILES string of the molecule is Nc1ccc2nc(-c3ccc(=O)[nH]n3)[nH]c2c1. The Morgan fingerprint density at radius 1 is 1.18 bits per heavy atom. The van der Waals surface area contributed by atoms with Gasteiger partial charge >= 0.3 is 0 Å². The van der Waals surface area contributed by atoms with Crippen molar-refractivity contribution in [1.82, 2.24) is 20.2 Å². The van der Waals surface area contributed by atoms with Crippen LogP contribution in [-0.2, 0) is 0 Å². The fourth-order valence-corrected chi connectivity index (χ4v) is 1.62. The van der Waals surface area contributed by atoms with Crippen LogP contribution in [0.1, 0.15) is 0 Å². The van der Waals surface area contributed by atoms with Gasteiger partial charge in [0, 0.05) is 11.8 Å². The van der Waals surface area contributed by atoms with Gasteiger partial charge in [0.25, 0.3) is 5.56 Å². The summed E-state index contributed by atoms with van der Waals surface area (Å²) in [5.74, 6) is 0.599. The molecule has 0 aliphatic rings. The molecule has 17 heavy (non-hydrogen) atoms. The summed E-state index contributed by atoms with van der Waals surface area (Å²) >= 11 is 0. The Bertz CT molecular complexity index is 722. The molecule has 3 rings (SSSR count). The van der Waals surface area contributed by atoms with Gasteiger partial charge in [-0.1, -0.05) is 0 Å². The largest absolute Gasteiger partial charge is 0.399 e. The summed E-state index contributed by atoms with van der Waals surface area (Å²) in [6.07, 6.45) is 0. The van der Waals surface area contributed by atoms with Gasteiger partial charge in [-0.3, -0.25) is 4.79 Å². The molecular weight excluding hydrogens is 218 g/mol. The van der Waals surface area contributed by atoms with Gasteiger partial charge in [-0.25, -0.2) is 10.1 Å². The van der Waals surface area contributed by atoms with Gasteiger partial charge in [0.2, 0.25) is 0 Å². The summed E-state index contributed by atoms with van der Waals surface area (Å²) in [5, 5.41) is 6.27. The second-order valence-electron chi connectivity index (χ2n) is 3.67. The monoisotopic (exact) mass is 227 g/mol. The quantitative estimate of drug-likeness (QED) is 0.537. The van der Waals surface area contributed by atoms with Crippen LogP contribution in [0, 0.1) is 0 Å². The lowest BCUT2D eigenvalue weighted by atomic mass is 10.3. The Kier molecular flexibility index (Phi) is 1.94. The number of hydrogen-bond donors (Lipinski definition) is 3. The highest BCUT2D eigenvalue weighted by molar-refractivity contribution is 5.81. The zero-order valence-corrected chi connectivity index (χ0v) is 8.77. The minimum absolute atomic E-state index is 0.242. The summed E-state index contributed by atoms with van der Waals surface area (Å²) < 4.78 is 0. The van der Waals surface area contributed by atoms with Gasteiger partial charge in [0.1, 0.15) is 5.69 Å². The van der Waals surface area contributed by atoms with E-state index in [1.54, 1.807) is 18.2 Å². The van der Waals surface area contributed by atoms with E-state index in [1.807, 2.05) is 6.07 Å². The summed E-state index contributed by atoms with van der Waals surface area (Å²) in [7, 11) is 0. The van der Waals surface area contributed by atoms with Crippen LogP contribution in [0.4, 0.5) is 5.69 Å². The Balaban J connectivity index is 2.17. The number of H-pyrrole nitrogens is 2. The lowest BCUT2D eigenvalue weighted by Crippen LogP contribution is -2.05. The van der Waals surface area contributed by atoms with Crippen molar-refractivity contribution >= 4 is 16.7 Å². The maximum atomic E-state index is 10.9. The van der Waals surface area contributed by atoms with E-state index in [0.29, 0.717) is 17.2 Å². The molecule has 2 heterocycles. The molecule has 0 saturated heterocycles. The molecule has 0 aliphatic heterocycles. The molecule has 3 aromatic rings. The number of nitrogens with one attached hydrogen (secondary N) is 2. The summed E-state index contributed by atoms with van der Waals surface area (Å²) in [6, 6.07) is 8.44. The van der Waals surface area contributed by atoms with Crippen molar-refractivity contribution in [2.24, 2.45) is 0 Å². The molecule has 0 spiro atoms. The number of imidazole rings is 1. The fourth-order valence-electron chi connectivity index (χ4n) is 1.62. The lowest BCUT2D eigenvalue weighted by Gasteiger charge is -1.92. The molecule has 6 heteroatoms. The van der Waals surface area contributed by atoms with E-state index in [4.69, 9.17) is 5.73 Å². The molecule has 0 bridgehead atoms. The highest BCUT2D eigenvalue weighted by atomic mass is 16.1. The van der Waals surface area contributed by atoms with Crippen molar-refractivity contribution in [3.05, 3.63) is 40.7 Å². The second-order valence-corrected chi connectivity index (χ2v) is 3.67. The highest BCUT2D eigenvalue weighted by Crippen LogP contribution is 2.19. The zero-order valence-electron chi connectivity index (χ0n) is 8.77. The van der Waals surface area contributed by atoms with E-state index in [1.165, 1.54) is 6.07 Å². The number of nitrogen functional groups attached to an aromatic ring is 1. The van der Waals surface area contributed by atoms with Crippen molar-refractivity contribution in [3.63, 3.8) is 0 Å². The van der Waals surface area contributed by atoms with Crippen molar-refractivity contribution in [2.45, 2.75) is 0 Å². The van der Waals surface area contributed by atoms with Gasteiger partial charge in [-0.15, -0.1) is 0 Å². The molecule has 84 valence electrons. The first kappa shape index (κ1) is 9.59. The molecule has 1 aromatic carbocycles. The first-order chi connectivity index (χ1) is 8.22. The number of hydrogen-bond acceptors (Lipinski definition) is 4. The molecule has 0 aliphatic carbocycles. The van der Waals surface area contributed by atoms with Crippen LogP contribution in [0.3, 0.4) is 0 Å². The van der Waals surface area contributed by atoms with E-state index >= 15 is 0 Å². The number of aromatic nitrogens is 4. The number of rotatable bonds is 1. The van der Waals surface area contributed by atoms with E-state index in [0.717, 1.165) is 11.0 Å². The summed E-state index contributed by atoms with van der Waals surface area (Å²) in [4.78, 5) is 18.4. The maximum Gasteiger partial charge on any atom is 0.264 e. The standard InChI is InChI=1S/C11H9N5O/c12-6-1-2-7-9(5-6)14-11(13-7)8-3-4-10(17)16-15-8/h1-5H,12H2,(H,13,14)(H,16,17). The molecule has 4 N–H and O–H groups in total. The average molecular weight is 227 g/mol. The number of aromatic amines is 2. The first-order valence-electron chi connectivity index (χ1n) is 5.04. The van der Waals surface area contributed by atoms with Crippen LogP contribution < -0.4 is 11.3 Å². The van der Waals surface area contributed by atoms with Crippen LogP contribution >= 0.6 is 0 Å². The number of nitrogens with zero attached hydrogens (tertiary/aromatic N) is 2. The van der Waals surface area contributed by atoms with E-state index in [9.17, 15) is 4.79 Å². The predicted octanol–water partition coefficient (Wildman–Crippen LogP) is 0.895. The Hall–Kier alpha value is -2.63. The second kappa shape index (κ2) is 3.44. The smallest absolute Gasteiger partial charge is 0.264 e. The minimum atomic E-state index is -0.242. The van der Waals surface area contributed by atoms with Crippen LogP contribution in [0.15, 0.2) is 35.1 Å². The molecule has 6 nitrogen and oxygen atoms in total. The highest BCUT2D eigenvalue weighted by Gasteiger charge is 2.06. The van der Waals surface area contributed by atoms with Crippen LogP contribution in [-0.4, -0.2) is 20.2 Å². The van der Waals surface area contributed by atoms with Gasteiger partial charge in [0.05, 0.1) is 11.0 Å². The minimum Gasteiger partial charge on any atom is -0.399 e. The first-order valence-corrected chi connectivity index (χ1v) is 5.04. The summed E-state index contributed by atoms with van der Waals surface area (Å²) in [5.41, 5.74) is 8.34. The Morgan fingerprint density at radius 2 is 2.06 bits per heavy atom. The number of fused-ring (bicyclic) bond motifs is 1. The fraction of sp³-hybridized carbons (Fsp3) is 0. The van der Waals surface area contributed by atoms with Crippen molar-refractivity contribution < 1.29 is 0 Å². The third kappa shape index (κ3) is 1.65. The normalized spacial score (nSPS) is 10.8. The van der Waals surface area contributed by atoms with Gasteiger partial charge in [-0.2, -0.15) is 5.10 Å². The maximum absolute atomic E-state index is 10.9. The predicted molar refractivity (Wildman–Crippen MR) is 64.4 cm³/mol. The molecule has 0 amide bonds. The van der Waals surface area contributed by atoms with Crippen LogP contribution in [0.25, 0.3) is 22.6 Å². The molecule has 2 aromatic heterocycles. The van der Waals surface area contributed by atoms with Gasteiger partial charge in [-0.05, 0) is 24.3 Å². The Labute approximate surface area is 95.5 Å². The van der Waals surface area contributed by atoms with Crippen molar-refractivity contribution in [2.75, 3.05) is 5.73 Å². The van der Waals surface area contributed by atoms with Crippen molar-refractivity contribution in [1.29, 1.82) is 0 Å². The van der Waals surface area contributed by atoms with E-state index < -0.39 is 0 Å². The molecule has 0 atom stereocenters. The van der Waals surface area contributed by atoms with E-state index in [-0.39, 0.29) is 5.56 Å². The number of anilines is 1. The van der Waals surface area contributed by atoms with Crippen LogP contribution in [0.2, 0.25) is 0 Å². The summed E-state index contributed by atoms with van der Waals surface area (Å²) in [6.45, 7) is 0. The molecule has 0 saturated carbocycles. The third-order valence-corrected chi connectivity index (χ3v) is 2.43. The molecule has 0 radical (unpaired) electrons. The van der Waals surface area contributed by atoms with Gasteiger partial charge in [0.15, 0.2) is 5.82 Å². The lowest BCUT2D eigenvalue weighted by molar-refractivity contribution is 0.985. The molecule has 0 unspecified atom stereocenters. The van der Waals surface area contributed by atoms with Crippen LogP contribution in [0.5, 0.6) is 0 Å². The topological polar surface area (TPSA) is 100 Å². The average Bonchev–Trinajstić information content (AvgIpc) is 2.72. The van der Waals surface area contributed by atoms with E-state index in [2.05, 4.69) is 20.2 Å². The molecule has 0 fully saturated rings. The number of nitrogens with two attached hydrogens (primary N) is 1.